The summed E-state index contributed by atoms with van der Waals surface area (Å²) in [5.74, 6) is 0.614. The Balaban J connectivity index is 0.00000289. The van der Waals surface area contributed by atoms with Gasteiger partial charge in [-0.05, 0) is 43.8 Å². The fourth-order valence-electron chi connectivity index (χ4n) is 2.35. The molecule has 0 bridgehead atoms. The molecule has 0 radical (unpaired) electrons. The molecule has 1 aliphatic rings. The number of hydrogen-bond donors (Lipinski definition) is 0. The van der Waals surface area contributed by atoms with Crippen LogP contribution in [0.1, 0.15) is 33.6 Å². The normalized spacial score (nSPS) is 19.4. The van der Waals surface area contributed by atoms with Crippen molar-refractivity contribution in [3.05, 3.63) is 12.1 Å². The molecule has 0 aromatic heterocycles. The van der Waals surface area contributed by atoms with Crippen LogP contribution in [0.5, 0.6) is 0 Å². The molecule has 0 aliphatic carbocycles. The minimum atomic E-state index is -4.87. The molecule has 0 aromatic rings. The van der Waals surface area contributed by atoms with E-state index in [1.165, 1.54) is 0 Å². The largest absolute Gasteiger partial charge is 1.00 e. The second kappa shape index (κ2) is 7.27. The van der Waals surface area contributed by atoms with Crippen LogP contribution >= 0.6 is 0 Å². The monoisotopic (exact) mass is 287 g/mol. The van der Waals surface area contributed by atoms with Crippen molar-refractivity contribution in [3.8, 4) is 0 Å². The smallest absolute Gasteiger partial charge is 0.445 e. The molecule has 1 nitrogen and oxygen atoms in total. The topological polar surface area (TPSA) is 3.24 Å². The van der Waals surface area contributed by atoms with Gasteiger partial charge in [0.25, 0.3) is 0 Å². The Kier molecular flexibility index (Phi) is 7.75. The quantitative estimate of drug-likeness (QED) is 0.690. The van der Waals surface area contributed by atoms with Crippen molar-refractivity contribution >= 4 is 6.98 Å². The minimum Gasteiger partial charge on any atom is -0.445 e. The molecule has 1 saturated heterocycles. The van der Waals surface area contributed by atoms with Crippen LogP contribution in [0.2, 0.25) is 0 Å². The Hall–Kier alpha value is 1.19. The maximum absolute atomic E-state index is 12.4. The number of piperidine rings is 1. The van der Waals surface area contributed by atoms with Gasteiger partial charge in [-0.15, -0.1) is 12.1 Å². The average molecular weight is 287 g/mol. The molecule has 0 saturated carbocycles. The van der Waals surface area contributed by atoms with Gasteiger partial charge in [0, 0.05) is 0 Å². The molecule has 0 atom stereocenters. The number of rotatable bonds is 3. The Morgan fingerprint density at radius 1 is 1.22 bits per heavy atom. The van der Waals surface area contributed by atoms with Crippen molar-refractivity contribution in [3.63, 3.8) is 0 Å². The molecule has 1 fully saturated rings. The van der Waals surface area contributed by atoms with E-state index >= 15 is 0 Å². The molecule has 18 heavy (non-hydrogen) atoms. The van der Waals surface area contributed by atoms with Crippen LogP contribution in [0.3, 0.4) is 0 Å². The van der Waals surface area contributed by atoms with Gasteiger partial charge in [0.15, 0.2) is 0 Å². The number of likely N-dealkylation sites (tertiary alicyclic amines) is 1. The average Bonchev–Trinajstić information content (AvgIpc) is 2.15. The van der Waals surface area contributed by atoms with E-state index in [0.717, 1.165) is 25.9 Å². The van der Waals surface area contributed by atoms with E-state index in [2.05, 4.69) is 27.4 Å². The van der Waals surface area contributed by atoms with Gasteiger partial charge in [-0.2, -0.15) is 0 Å². The SMILES string of the molecule is C=C(CN1CCC(C(C)(C)C)CC1)[B-](F)(F)F.[K+]. The summed E-state index contributed by atoms with van der Waals surface area (Å²) in [4.78, 5) is 1.87. The van der Waals surface area contributed by atoms with Gasteiger partial charge in [-0.3, -0.25) is 0 Å². The summed E-state index contributed by atoms with van der Waals surface area (Å²) in [6, 6.07) is 0. The van der Waals surface area contributed by atoms with Gasteiger partial charge in [0.2, 0.25) is 0 Å². The van der Waals surface area contributed by atoms with E-state index < -0.39 is 12.4 Å². The first-order chi connectivity index (χ1) is 7.60. The van der Waals surface area contributed by atoms with E-state index in [-0.39, 0.29) is 63.3 Å². The predicted molar refractivity (Wildman–Crippen MR) is 66.8 cm³/mol. The molecule has 1 rings (SSSR count). The summed E-state index contributed by atoms with van der Waals surface area (Å²) >= 11 is 0. The molecule has 0 spiro atoms. The fraction of sp³-hybridized carbons (Fsp3) is 0.833. The van der Waals surface area contributed by atoms with Crippen LogP contribution in [0, 0.1) is 11.3 Å². The Labute approximate surface area is 151 Å². The van der Waals surface area contributed by atoms with E-state index in [1.807, 2.05) is 4.90 Å². The fourth-order valence-corrected chi connectivity index (χ4v) is 2.35. The zero-order chi connectivity index (χ0) is 13.3. The van der Waals surface area contributed by atoms with Gasteiger partial charge in [0.05, 0.1) is 0 Å². The number of nitrogens with zero attached hydrogens (tertiary/aromatic N) is 1. The summed E-state index contributed by atoms with van der Waals surface area (Å²) in [5.41, 5.74) is -0.309. The van der Waals surface area contributed by atoms with E-state index in [0.29, 0.717) is 5.92 Å². The van der Waals surface area contributed by atoms with Gasteiger partial charge in [0.1, 0.15) is 0 Å². The first kappa shape index (κ1) is 19.2. The van der Waals surface area contributed by atoms with Crippen molar-refractivity contribution in [1.29, 1.82) is 0 Å². The van der Waals surface area contributed by atoms with Crippen LogP contribution in [-0.2, 0) is 0 Å². The standard InChI is InChI=1S/C12H22BF3N.K/c1-10(13(14,15)16)9-17-7-5-11(6-8-17)12(2,3)4;/h11H,1,5-9H2,2-4H3;/q-1;+1. The summed E-state index contributed by atoms with van der Waals surface area (Å²) in [6.45, 7) is 6.38. The molecular formula is C12H22BF3KN. The Bertz CT molecular complexity index is 278. The molecular weight excluding hydrogens is 265 g/mol. The van der Waals surface area contributed by atoms with Crippen LogP contribution in [0.15, 0.2) is 12.1 Å². The zero-order valence-corrected chi connectivity index (χ0v) is 15.1. The molecule has 0 N–H and O–H groups in total. The van der Waals surface area contributed by atoms with Crippen molar-refractivity contribution in [2.24, 2.45) is 11.3 Å². The van der Waals surface area contributed by atoms with Gasteiger partial charge < -0.3 is 17.8 Å². The maximum Gasteiger partial charge on any atom is 1.00 e. The summed E-state index contributed by atoms with van der Waals surface area (Å²) in [6.07, 6.45) is 1.98. The zero-order valence-electron chi connectivity index (χ0n) is 12.0. The molecule has 0 unspecified atom stereocenters. The Morgan fingerprint density at radius 3 is 2.00 bits per heavy atom. The van der Waals surface area contributed by atoms with Crippen LogP contribution in [0.4, 0.5) is 12.9 Å². The minimum absolute atomic E-state index is 0. The van der Waals surface area contributed by atoms with Crippen molar-refractivity contribution in [1.82, 2.24) is 4.90 Å². The Morgan fingerprint density at radius 2 is 1.67 bits per heavy atom. The van der Waals surface area contributed by atoms with Crippen molar-refractivity contribution in [2.75, 3.05) is 19.6 Å². The van der Waals surface area contributed by atoms with Crippen LogP contribution in [0.25, 0.3) is 0 Å². The number of hydrogen-bond acceptors (Lipinski definition) is 1. The second-order valence-corrected chi connectivity index (χ2v) is 6.15. The summed E-state index contributed by atoms with van der Waals surface area (Å²) in [5, 5.41) is 0. The third-order valence-electron chi connectivity index (χ3n) is 3.70. The van der Waals surface area contributed by atoms with Gasteiger partial charge in [-0.1, -0.05) is 20.8 Å². The van der Waals surface area contributed by atoms with Crippen molar-refractivity contribution < 1.29 is 64.3 Å². The van der Waals surface area contributed by atoms with Crippen LogP contribution in [-0.4, -0.2) is 31.5 Å². The first-order valence-electron chi connectivity index (χ1n) is 6.20. The van der Waals surface area contributed by atoms with Crippen molar-refractivity contribution in [2.45, 2.75) is 33.6 Å². The van der Waals surface area contributed by atoms with E-state index in [4.69, 9.17) is 0 Å². The third-order valence-corrected chi connectivity index (χ3v) is 3.70. The summed E-state index contributed by atoms with van der Waals surface area (Å²) in [7, 11) is 0. The molecule has 100 valence electrons. The maximum atomic E-state index is 12.4. The number of halogens is 3. The molecule has 1 heterocycles. The molecule has 0 amide bonds. The van der Waals surface area contributed by atoms with E-state index in [1.54, 1.807) is 0 Å². The van der Waals surface area contributed by atoms with E-state index in [9.17, 15) is 12.9 Å². The van der Waals surface area contributed by atoms with Gasteiger partial charge >= 0.3 is 58.4 Å². The second-order valence-electron chi connectivity index (χ2n) is 6.15. The predicted octanol–water partition coefficient (Wildman–Crippen LogP) is 0.691. The third kappa shape index (κ3) is 6.10. The van der Waals surface area contributed by atoms with Gasteiger partial charge in [-0.25, -0.2) is 0 Å². The summed E-state index contributed by atoms with van der Waals surface area (Å²) < 4.78 is 37.2. The van der Waals surface area contributed by atoms with Crippen LogP contribution < -0.4 is 51.4 Å². The molecule has 1 aliphatic heterocycles. The molecule has 6 heteroatoms. The molecule has 0 aromatic carbocycles. The first-order valence-corrected chi connectivity index (χ1v) is 6.20.